The number of nitrogens with zero attached hydrogens (tertiary/aromatic N) is 3. The van der Waals surface area contributed by atoms with E-state index in [0.29, 0.717) is 5.69 Å². The maximum absolute atomic E-state index is 12.7. The number of aliphatic carboxylic acids is 1. The molecule has 9 heteroatoms. The lowest BCUT2D eigenvalue weighted by Gasteiger charge is -2.30. The number of amides is 1. The minimum atomic E-state index is -3.17. The molecular formula is C16H19N3O5S. The summed E-state index contributed by atoms with van der Waals surface area (Å²) in [7, 11) is -3.17. The van der Waals surface area contributed by atoms with Crippen molar-refractivity contribution in [2.75, 3.05) is 23.9 Å². The molecule has 1 aromatic carbocycles. The normalized spacial score (nSPS) is 25.6. The fraction of sp³-hybridized carbons (Fsp3) is 0.438. The van der Waals surface area contributed by atoms with Gasteiger partial charge in [0.15, 0.2) is 15.9 Å². The topological polar surface area (TPSA) is 107 Å². The largest absolute Gasteiger partial charge is 0.480 e. The molecule has 8 nitrogen and oxygen atoms in total. The number of rotatable bonds is 3. The van der Waals surface area contributed by atoms with Crippen molar-refractivity contribution in [2.45, 2.75) is 24.6 Å². The molecule has 0 bridgehead atoms. The minimum absolute atomic E-state index is 0.0132. The number of benzene rings is 1. The third-order valence-corrected chi connectivity index (χ3v) is 6.61. The monoisotopic (exact) mass is 365 g/mol. The Balaban J connectivity index is 1.82. The second-order valence-corrected chi connectivity index (χ2v) is 8.75. The summed E-state index contributed by atoms with van der Waals surface area (Å²) >= 11 is 0. The summed E-state index contributed by atoms with van der Waals surface area (Å²) in [6, 6.07) is 7.83. The van der Waals surface area contributed by atoms with E-state index in [1.165, 1.54) is 9.91 Å². The summed E-state index contributed by atoms with van der Waals surface area (Å²) < 4.78 is 23.6. The maximum atomic E-state index is 12.7. The van der Waals surface area contributed by atoms with Crippen LogP contribution in [0, 0.1) is 0 Å². The molecule has 2 heterocycles. The van der Waals surface area contributed by atoms with Gasteiger partial charge in [0.2, 0.25) is 0 Å². The Labute approximate surface area is 145 Å². The van der Waals surface area contributed by atoms with E-state index >= 15 is 0 Å². The predicted octanol–water partition coefficient (Wildman–Crippen LogP) is 0.351. The lowest BCUT2D eigenvalue weighted by Crippen LogP contribution is -2.50. The van der Waals surface area contributed by atoms with Crippen molar-refractivity contribution in [2.24, 2.45) is 5.10 Å². The zero-order valence-corrected chi connectivity index (χ0v) is 14.5. The molecule has 134 valence electrons. The van der Waals surface area contributed by atoms with Gasteiger partial charge in [-0.3, -0.25) is 9.80 Å². The molecule has 3 rings (SSSR count). The van der Waals surface area contributed by atoms with E-state index in [1.807, 2.05) is 0 Å². The minimum Gasteiger partial charge on any atom is -0.480 e. The zero-order valence-electron chi connectivity index (χ0n) is 13.7. The highest BCUT2D eigenvalue weighted by atomic mass is 32.2. The number of carboxylic acids is 1. The fourth-order valence-electron chi connectivity index (χ4n) is 2.97. The van der Waals surface area contributed by atoms with Gasteiger partial charge in [0.1, 0.15) is 5.71 Å². The van der Waals surface area contributed by atoms with Crippen LogP contribution < -0.4 is 5.01 Å². The van der Waals surface area contributed by atoms with Crippen LogP contribution in [0.1, 0.15) is 13.3 Å². The summed E-state index contributed by atoms with van der Waals surface area (Å²) in [5.74, 6) is -1.55. The second kappa shape index (κ2) is 6.47. The first-order valence-corrected chi connectivity index (χ1v) is 9.66. The van der Waals surface area contributed by atoms with E-state index in [1.54, 1.807) is 37.3 Å². The molecule has 1 amide bonds. The van der Waals surface area contributed by atoms with Crippen LogP contribution in [-0.2, 0) is 19.4 Å². The Bertz CT molecular complexity index is 821. The van der Waals surface area contributed by atoms with Crippen molar-refractivity contribution < 1.29 is 23.1 Å². The van der Waals surface area contributed by atoms with Crippen LogP contribution in [0.4, 0.5) is 5.69 Å². The van der Waals surface area contributed by atoms with E-state index in [4.69, 9.17) is 0 Å². The highest BCUT2D eigenvalue weighted by Crippen LogP contribution is 2.25. The van der Waals surface area contributed by atoms with Crippen molar-refractivity contribution in [1.82, 2.24) is 4.90 Å². The average molecular weight is 365 g/mol. The van der Waals surface area contributed by atoms with E-state index in [0.717, 1.165) is 0 Å². The maximum Gasteiger partial charge on any atom is 0.328 e. The van der Waals surface area contributed by atoms with Gasteiger partial charge < -0.3 is 10.0 Å². The van der Waals surface area contributed by atoms with Gasteiger partial charge in [-0.25, -0.2) is 13.2 Å². The first-order chi connectivity index (χ1) is 11.8. The van der Waals surface area contributed by atoms with Crippen LogP contribution in [0.5, 0.6) is 0 Å². The second-order valence-electron chi connectivity index (χ2n) is 6.21. The van der Waals surface area contributed by atoms with Crippen LogP contribution in [-0.4, -0.2) is 66.1 Å². The number of carbonyl (C=O) groups is 2. The van der Waals surface area contributed by atoms with E-state index < -0.39 is 33.0 Å². The van der Waals surface area contributed by atoms with Gasteiger partial charge in [-0.1, -0.05) is 18.2 Å². The first-order valence-electron chi connectivity index (χ1n) is 7.95. The van der Waals surface area contributed by atoms with Crippen molar-refractivity contribution >= 4 is 33.1 Å². The van der Waals surface area contributed by atoms with Gasteiger partial charge in [0, 0.05) is 19.5 Å². The van der Waals surface area contributed by atoms with Crippen LogP contribution in [0.15, 0.2) is 35.4 Å². The Kier molecular flexibility index (Phi) is 4.51. The van der Waals surface area contributed by atoms with E-state index in [9.17, 15) is 23.1 Å². The molecule has 2 atom stereocenters. The van der Waals surface area contributed by atoms with Crippen LogP contribution in [0.3, 0.4) is 0 Å². The van der Waals surface area contributed by atoms with Gasteiger partial charge in [0.25, 0.3) is 5.91 Å². The molecule has 1 N–H and O–H groups in total. The van der Waals surface area contributed by atoms with Gasteiger partial charge >= 0.3 is 5.97 Å². The van der Waals surface area contributed by atoms with Gasteiger partial charge in [-0.15, -0.1) is 0 Å². The molecule has 0 saturated carbocycles. The van der Waals surface area contributed by atoms with Crippen molar-refractivity contribution in [3.05, 3.63) is 30.3 Å². The van der Waals surface area contributed by atoms with Crippen molar-refractivity contribution in [1.29, 1.82) is 0 Å². The zero-order chi connectivity index (χ0) is 18.2. The molecule has 25 heavy (non-hydrogen) atoms. The standard InChI is InChI=1S/C16H19N3O5S/c1-11-10-18(7-8-25(11,23)24)15(20)13-9-14(16(21)22)19(17-13)12-5-3-2-4-6-12/h2-6,11,14H,7-10H2,1H3,(H,21,22). The predicted molar refractivity (Wildman–Crippen MR) is 92.2 cm³/mol. The van der Waals surface area contributed by atoms with Crippen molar-refractivity contribution in [3.63, 3.8) is 0 Å². The Morgan fingerprint density at radius 3 is 2.52 bits per heavy atom. The smallest absolute Gasteiger partial charge is 0.328 e. The highest BCUT2D eigenvalue weighted by molar-refractivity contribution is 7.92. The Hall–Kier alpha value is -2.42. The number of para-hydroxylation sites is 1. The quantitative estimate of drug-likeness (QED) is 0.828. The number of anilines is 1. The summed E-state index contributed by atoms with van der Waals surface area (Å²) in [5, 5.41) is 14.4. The van der Waals surface area contributed by atoms with Crippen LogP contribution >= 0.6 is 0 Å². The first kappa shape index (κ1) is 17.4. The number of hydrogen-bond donors (Lipinski definition) is 1. The van der Waals surface area contributed by atoms with Crippen LogP contribution in [0.25, 0.3) is 0 Å². The molecule has 0 spiro atoms. The lowest BCUT2D eigenvalue weighted by atomic mass is 10.1. The van der Waals surface area contributed by atoms with Gasteiger partial charge in [-0.2, -0.15) is 5.10 Å². The Morgan fingerprint density at radius 1 is 1.24 bits per heavy atom. The number of hydrogen-bond acceptors (Lipinski definition) is 6. The molecule has 1 aromatic rings. The fourth-order valence-corrected chi connectivity index (χ4v) is 4.26. The van der Waals surface area contributed by atoms with Crippen LogP contribution in [0.2, 0.25) is 0 Å². The number of carboxylic acid groups (broad SMARTS) is 1. The molecule has 2 aliphatic rings. The number of sulfone groups is 1. The molecule has 2 aliphatic heterocycles. The van der Waals surface area contributed by atoms with Gasteiger partial charge in [-0.05, 0) is 19.1 Å². The third kappa shape index (κ3) is 3.37. The molecule has 2 unspecified atom stereocenters. The lowest BCUT2D eigenvalue weighted by molar-refractivity contribution is -0.138. The van der Waals surface area contributed by atoms with Gasteiger partial charge in [0.05, 0.1) is 16.7 Å². The van der Waals surface area contributed by atoms with E-state index in [2.05, 4.69) is 5.10 Å². The molecule has 1 fully saturated rings. The number of carbonyl (C=O) groups excluding carboxylic acids is 1. The Morgan fingerprint density at radius 2 is 1.92 bits per heavy atom. The summed E-state index contributed by atoms with van der Waals surface area (Å²) in [6.07, 6.45) is -0.0132. The molecule has 1 saturated heterocycles. The molecular weight excluding hydrogens is 346 g/mol. The highest BCUT2D eigenvalue weighted by Gasteiger charge is 2.39. The summed E-state index contributed by atoms with van der Waals surface area (Å²) in [5.41, 5.74) is 0.732. The number of hydrazone groups is 1. The molecule has 0 radical (unpaired) electrons. The molecule has 0 aromatic heterocycles. The molecule has 0 aliphatic carbocycles. The van der Waals surface area contributed by atoms with Crippen molar-refractivity contribution in [3.8, 4) is 0 Å². The summed E-state index contributed by atoms with van der Waals surface area (Å²) in [6.45, 7) is 1.78. The SMILES string of the molecule is CC1CN(C(=O)C2=NN(c3ccccc3)C(C(=O)O)C2)CCS1(=O)=O. The average Bonchev–Trinajstić information content (AvgIpc) is 3.03. The van der Waals surface area contributed by atoms with E-state index in [-0.39, 0.29) is 31.0 Å². The third-order valence-electron chi connectivity index (χ3n) is 4.49. The summed E-state index contributed by atoms with van der Waals surface area (Å²) in [4.78, 5) is 25.7.